The molecular formula is C21H27N5O2. The fourth-order valence-electron chi connectivity index (χ4n) is 3.62. The quantitative estimate of drug-likeness (QED) is 0.585. The molecule has 1 saturated heterocycles. The first kappa shape index (κ1) is 18.9. The predicted molar refractivity (Wildman–Crippen MR) is 109 cm³/mol. The van der Waals surface area contributed by atoms with Crippen molar-refractivity contribution >= 4 is 11.5 Å². The van der Waals surface area contributed by atoms with Crippen molar-refractivity contribution < 1.29 is 9.84 Å². The van der Waals surface area contributed by atoms with E-state index in [0.29, 0.717) is 18.3 Å². The van der Waals surface area contributed by atoms with E-state index >= 15 is 0 Å². The van der Waals surface area contributed by atoms with Crippen LogP contribution in [0.3, 0.4) is 0 Å². The first-order valence-corrected chi connectivity index (χ1v) is 9.89. The number of piperidine rings is 1. The van der Waals surface area contributed by atoms with Crippen LogP contribution in [0, 0.1) is 5.92 Å². The molecule has 0 spiro atoms. The van der Waals surface area contributed by atoms with Gasteiger partial charge >= 0.3 is 0 Å². The highest BCUT2D eigenvalue weighted by Gasteiger charge is 2.23. The van der Waals surface area contributed by atoms with E-state index in [4.69, 9.17) is 4.74 Å². The third-order valence-electron chi connectivity index (χ3n) is 5.18. The van der Waals surface area contributed by atoms with Gasteiger partial charge in [0.25, 0.3) is 0 Å². The third kappa shape index (κ3) is 4.67. The molecule has 148 valence electrons. The van der Waals surface area contributed by atoms with Crippen LogP contribution in [0.5, 0.6) is 5.75 Å². The highest BCUT2D eigenvalue weighted by atomic mass is 16.5. The molecule has 2 aliphatic heterocycles. The molecule has 7 nitrogen and oxygen atoms in total. The zero-order chi connectivity index (χ0) is 19.2. The van der Waals surface area contributed by atoms with Gasteiger partial charge in [-0.3, -0.25) is 4.98 Å². The summed E-state index contributed by atoms with van der Waals surface area (Å²) in [5, 5.41) is 20.4. The zero-order valence-electron chi connectivity index (χ0n) is 15.9. The smallest absolute Gasteiger partial charge is 0.154 e. The van der Waals surface area contributed by atoms with E-state index in [0.717, 1.165) is 42.3 Å². The van der Waals surface area contributed by atoms with Crippen LogP contribution in [0.15, 0.2) is 47.6 Å². The van der Waals surface area contributed by atoms with Crippen LogP contribution in [-0.4, -0.2) is 42.2 Å². The van der Waals surface area contributed by atoms with Crippen molar-refractivity contribution in [2.24, 2.45) is 10.9 Å². The second-order valence-corrected chi connectivity index (χ2v) is 7.23. The molecule has 1 aromatic carbocycles. The van der Waals surface area contributed by atoms with Crippen LogP contribution in [0.2, 0.25) is 0 Å². The van der Waals surface area contributed by atoms with E-state index in [1.807, 2.05) is 36.4 Å². The Morgan fingerprint density at radius 1 is 1.14 bits per heavy atom. The van der Waals surface area contributed by atoms with Crippen molar-refractivity contribution in [2.45, 2.75) is 25.6 Å². The molecule has 2 aliphatic rings. The van der Waals surface area contributed by atoms with Gasteiger partial charge in [-0.2, -0.15) is 0 Å². The summed E-state index contributed by atoms with van der Waals surface area (Å²) in [4.78, 5) is 9.18. The number of nitrogens with one attached hydrogen (secondary N) is 3. The number of para-hydroxylation sites is 1. The molecule has 0 radical (unpaired) electrons. The van der Waals surface area contributed by atoms with E-state index in [1.165, 1.54) is 12.8 Å². The number of aliphatic imine (C=N–C) groups is 1. The zero-order valence-corrected chi connectivity index (χ0v) is 15.9. The number of ether oxygens (including phenoxy) is 1. The number of rotatable bonds is 7. The Hall–Kier alpha value is -2.48. The van der Waals surface area contributed by atoms with Crippen LogP contribution in [0.4, 0.5) is 5.69 Å². The lowest BCUT2D eigenvalue weighted by Gasteiger charge is -2.25. The lowest BCUT2D eigenvalue weighted by molar-refractivity contribution is 0.158. The minimum Gasteiger partial charge on any atom is -0.486 e. The maximum absolute atomic E-state index is 10.5. The number of aliphatic hydroxyl groups excluding tert-OH is 1. The number of pyridine rings is 1. The number of nitrogens with zero attached hydrogens (tertiary/aromatic N) is 2. The lowest BCUT2D eigenvalue weighted by atomic mass is 9.98. The van der Waals surface area contributed by atoms with E-state index in [-0.39, 0.29) is 6.61 Å². The lowest BCUT2D eigenvalue weighted by Crippen LogP contribution is -2.36. The fraction of sp³-hybridized carbons (Fsp3) is 0.429. The minimum atomic E-state index is -0.812. The molecule has 1 atom stereocenters. The largest absolute Gasteiger partial charge is 0.486 e. The van der Waals surface area contributed by atoms with Gasteiger partial charge in [0.15, 0.2) is 6.23 Å². The summed E-state index contributed by atoms with van der Waals surface area (Å²) >= 11 is 0. The fourth-order valence-corrected chi connectivity index (χ4v) is 3.62. The Bertz CT molecular complexity index is 806. The van der Waals surface area contributed by atoms with Crippen molar-refractivity contribution in [1.29, 1.82) is 0 Å². The molecule has 1 fully saturated rings. The molecule has 4 rings (SSSR count). The van der Waals surface area contributed by atoms with Gasteiger partial charge in [-0.05, 0) is 56.6 Å². The average Bonchev–Trinajstić information content (AvgIpc) is 2.74. The molecule has 7 heteroatoms. The Labute approximate surface area is 165 Å². The van der Waals surface area contributed by atoms with E-state index in [2.05, 4.69) is 25.9 Å². The standard InChI is InChI=1S/C21H27N5O2/c27-21-17-8-11-24-18(13-23-12-15-6-9-22-10-7-15)20(17)25-19(26-21)14-28-16-4-2-1-3-5-16/h1-5,8,11,15,21-23,27H,6-7,9-10,12-14H2,(H,25,26). The molecule has 0 amide bonds. The number of aliphatic hydroxyl groups is 1. The highest BCUT2D eigenvalue weighted by Crippen LogP contribution is 2.30. The molecule has 1 aromatic heterocycles. The Balaban J connectivity index is 1.42. The first-order chi connectivity index (χ1) is 13.8. The minimum absolute atomic E-state index is 0.261. The van der Waals surface area contributed by atoms with Crippen molar-refractivity contribution in [3.05, 3.63) is 53.9 Å². The van der Waals surface area contributed by atoms with Crippen molar-refractivity contribution in [3.8, 4) is 5.75 Å². The highest BCUT2D eigenvalue weighted by molar-refractivity contribution is 5.89. The number of amidine groups is 1. The maximum Gasteiger partial charge on any atom is 0.154 e. The number of hydrogen-bond acceptors (Lipinski definition) is 7. The number of fused-ring (bicyclic) bond motifs is 1. The molecule has 2 aromatic rings. The second kappa shape index (κ2) is 9.14. The molecular weight excluding hydrogens is 354 g/mol. The maximum atomic E-state index is 10.5. The van der Waals surface area contributed by atoms with E-state index < -0.39 is 6.23 Å². The van der Waals surface area contributed by atoms with Crippen LogP contribution >= 0.6 is 0 Å². The summed E-state index contributed by atoms with van der Waals surface area (Å²) in [6.07, 6.45) is 3.32. The predicted octanol–water partition coefficient (Wildman–Crippen LogP) is 1.87. The van der Waals surface area contributed by atoms with Gasteiger partial charge in [0.05, 0.1) is 11.4 Å². The summed E-state index contributed by atoms with van der Waals surface area (Å²) in [6, 6.07) is 11.4. The molecule has 1 unspecified atom stereocenters. The van der Waals surface area contributed by atoms with Gasteiger partial charge in [0, 0.05) is 18.3 Å². The third-order valence-corrected chi connectivity index (χ3v) is 5.18. The summed E-state index contributed by atoms with van der Waals surface area (Å²) in [5.41, 5.74) is 2.33. The van der Waals surface area contributed by atoms with Gasteiger partial charge in [-0.15, -0.1) is 0 Å². The van der Waals surface area contributed by atoms with Crippen LogP contribution in [0.1, 0.15) is 30.3 Å². The Morgan fingerprint density at radius 3 is 2.79 bits per heavy atom. The van der Waals surface area contributed by atoms with Crippen LogP contribution in [-0.2, 0) is 6.54 Å². The summed E-state index contributed by atoms with van der Waals surface area (Å²) in [5.74, 6) is 2.06. The van der Waals surface area contributed by atoms with Crippen LogP contribution < -0.4 is 20.7 Å². The molecule has 0 bridgehead atoms. The summed E-state index contributed by atoms with van der Waals surface area (Å²) in [7, 11) is 0. The summed E-state index contributed by atoms with van der Waals surface area (Å²) in [6.45, 7) is 4.06. The van der Waals surface area contributed by atoms with Gasteiger partial charge in [0.1, 0.15) is 18.2 Å². The molecule has 0 aliphatic carbocycles. The topological polar surface area (TPSA) is 90.8 Å². The summed E-state index contributed by atoms with van der Waals surface area (Å²) < 4.78 is 5.76. The van der Waals surface area contributed by atoms with Crippen LogP contribution in [0.25, 0.3) is 0 Å². The molecule has 4 N–H and O–H groups in total. The number of benzene rings is 1. The molecule has 28 heavy (non-hydrogen) atoms. The monoisotopic (exact) mass is 381 g/mol. The van der Waals surface area contributed by atoms with Gasteiger partial charge < -0.3 is 25.8 Å². The number of hydrogen-bond donors (Lipinski definition) is 4. The van der Waals surface area contributed by atoms with Crippen molar-refractivity contribution in [1.82, 2.24) is 20.9 Å². The van der Waals surface area contributed by atoms with Crippen molar-refractivity contribution in [2.75, 3.05) is 26.2 Å². The normalized spacial score (nSPS) is 19.5. The van der Waals surface area contributed by atoms with Gasteiger partial charge in [0.2, 0.25) is 0 Å². The SMILES string of the molecule is OC1NC(COc2ccccc2)=Nc2c1ccnc2CNCC1CCNCC1. The Morgan fingerprint density at radius 2 is 1.96 bits per heavy atom. The van der Waals surface area contributed by atoms with Gasteiger partial charge in [-0.1, -0.05) is 18.2 Å². The first-order valence-electron chi connectivity index (χ1n) is 9.89. The van der Waals surface area contributed by atoms with Crippen molar-refractivity contribution in [3.63, 3.8) is 0 Å². The number of aromatic nitrogens is 1. The van der Waals surface area contributed by atoms with Gasteiger partial charge in [-0.25, -0.2) is 4.99 Å². The Kier molecular flexibility index (Phi) is 6.16. The second-order valence-electron chi connectivity index (χ2n) is 7.23. The van der Waals surface area contributed by atoms with E-state index in [9.17, 15) is 5.11 Å². The average molecular weight is 381 g/mol. The molecule has 0 saturated carbocycles. The molecule has 3 heterocycles. The van der Waals surface area contributed by atoms with E-state index in [1.54, 1.807) is 6.20 Å².